The molecule has 0 bridgehead atoms. The first-order valence-corrected chi connectivity index (χ1v) is 9.02. The van der Waals surface area contributed by atoms with Crippen LogP contribution in [0.1, 0.15) is 27.3 Å². The molecule has 0 saturated carbocycles. The van der Waals surface area contributed by atoms with Gasteiger partial charge >= 0.3 is 0 Å². The Morgan fingerprint density at radius 3 is 2.24 bits per heavy atom. The van der Waals surface area contributed by atoms with E-state index in [0.29, 0.717) is 17.2 Å². The van der Waals surface area contributed by atoms with E-state index >= 15 is 0 Å². The Balaban J connectivity index is 1.75. The summed E-state index contributed by atoms with van der Waals surface area (Å²) >= 11 is 1.64. The summed E-state index contributed by atoms with van der Waals surface area (Å²) in [7, 11) is 0. The topological polar surface area (TPSA) is 72.7 Å². The zero-order valence-corrected chi connectivity index (χ0v) is 15.4. The Bertz CT molecular complexity index is 900. The lowest BCUT2D eigenvalue weighted by molar-refractivity contribution is 0.102. The summed E-state index contributed by atoms with van der Waals surface area (Å²) in [6, 6.07) is 7.44. The Hall–Kier alpha value is -2.67. The van der Waals surface area contributed by atoms with Gasteiger partial charge in [0, 0.05) is 16.2 Å². The van der Waals surface area contributed by atoms with E-state index in [-0.39, 0.29) is 5.91 Å². The number of amides is 1. The van der Waals surface area contributed by atoms with Crippen LogP contribution in [0.4, 0.5) is 5.69 Å². The van der Waals surface area contributed by atoms with E-state index in [9.17, 15) is 4.79 Å². The molecule has 0 atom stereocenters. The molecule has 0 aliphatic heterocycles. The first-order chi connectivity index (χ1) is 12.0. The number of benzene rings is 1. The van der Waals surface area contributed by atoms with E-state index < -0.39 is 0 Å². The van der Waals surface area contributed by atoms with Crippen molar-refractivity contribution < 1.29 is 4.79 Å². The highest BCUT2D eigenvalue weighted by atomic mass is 32.2. The number of carbonyl (C=O) groups is 1. The predicted octanol–water partition coefficient (Wildman–Crippen LogP) is 3.56. The number of aromatic nitrogens is 4. The molecule has 1 N–H and O–H groups in total. The fourth-order valence-electron chi connectivity index (χ4n) is 2.36. The minimum atomic E-state index is -0.189. The quantitative estimate of drug-likeness (QED) is 0.726. The summed E-state index contributed by atoms with van der Waals surface area (Å²) in [6.45, 7) is 5.95. The van der Waals surface area contributed by atoms with Crippen molar-refractivity contribution in [3.8, 4) is 5.95 Å². The van der Waals surface area contributed by atoms with Crippen molar-refractivity contribution in [3.63, 3.8) is 0 Å². The van der Waals surface area contributed by atoms with Crippen LogP contribution in [-0.2, 0) is 0 Å². The van der Waals surface area contributed by atoms with Crippen LogP contribution in [0.15, 0.2) is 41.6 Å². The molecule has 3 rings (SSSR count). The molecule has 0 spiro atoms. The van der Waals surface area contributed by atoms with E-state index in [1.807, 2.05) is 39.2 Å². The van der Waals surface area contributed by atoms with Gasteiger partial charge < -0.3 is 5.32 Å². The van der Waals surface area contributed by atoms with Gasteiger partial charge in [-0.15, -0.1) is 11.8 Å². The standard InChI is InChI=1S/C18H19N5OS/c1-11-12(2)22-23(13(11)3)18-19-9-15(10-20-18)21-17(24)14-5-7-16(25-4)8-6-14/h5-10H,1-4H3,(H,21,24). The number of carbonyl (C=O) groups excluding carboxylic acids is 1. The van der Waals surface area contributed by atoms with Crippen LogP contribution >= 0.6 is 11.8 Å². The van der Waals surface area contributed by atoms with Crippen molar-refractivity contribution in [3.05, 3.63) is 59.2 Å². The van der Waals surface area contributed by atoms with Crippen LogP contribution in [0.2, 0.25) is 0 Å². The lowest BCUT2D eigenvalue weighted by Crippen LogP contribution is -2.13. The number of rotatable bonds is 4. The highest BCUT2D eigenvalue weighted by Gasteiger charge is 2.12. The van der Waals surface area contributed by atoms with Crippen molar-refractivity contribution in [1.29, 1.82) is 0 Å². The van der Waals surface area contributed by atoms with Gasteiger partial charge in [-0.25, -0.2) is 14.6 Å². The monoisotopic (exact) mass is 353 g/mol. The normalized spacial score (nSPS) is 10.7. The molecule has 25 heavy (non-hydrogen) atoms. The van der Waals surface area contributed by atoms with E-state index in [2.05, 4.69) is 20.4 Å². The molecule has 0 aliphatic rings. The highest BCUT2D eigenvalue weighted by molar-refractivity contribution is 7.98. The van der Waals surface area contributed by atoms with Gasteiger partial charge in [0.25, 0.3) is 11.9 Å². The van der Waals surface area contributed by atoms with Gasteiger partial charge in [-0.1, -0.05) is 0 Å². The number of nitrogens with one attached hydrogen (secondary N) is 1. The summed E-state index contributed by atoms with van der Waals surface area (Å²) in [5.74, 6) is 0.294. The Labute approximate surface area is 150 Å². The molecule has 0 unspecified atom stereocenters. The molecule has 0 fully saturated rings. The average Bonchev–Trinajstić information content (AvgIpc) is 2.90. The van der Waals surface area contributed by atoms with E-state index in [1.165, 1.54) is 0 Å². The summed E-state index contributed by atoms with van der Waals surface area (Å²) < 4.78 is 1.71. The third kappa shape index (κ3) is 3.56. The van der Waals surface area contributed by atoms with Crippen molar-refractivity contribution in [2.75, 3.05) is 11.6 Å². The van der Waals surface area contributed by atoms with Crippen molar-refractivity contribution in [2.45, 2.75) is 25.7 Å². The lowest BCUT2D eigenvalue weighted by Gasteiger charge is -2.07. The number of thioether (sulfide) groups is 1. The first kappa shape index (κ1) is 17.2. The number of aryl methyl sites for hydroxylation is 1. The van der Waals surface area contributed by atoms with Gasteiger partial charge in [-0.3, -0.25) is 4.79 Å². The van der Waals surface area contributed by atoms with Crippen LogP contribution in [0.3, 0.4) is 0 Å². The zero-order chi connectivity index (χ0) is 18.0. The molecule has 1 amide bonds. The Kier molecular flexibility index (Phi) is 4.85. The SMILES string of the molecule is CSc1ccc(C(=O)Nc2cnc(-n3nc(C)c(C)c3C)nc2)cc1. The van der Waals surface area contributed by atoms with Gasteiger partial charge in [0.05, 0.1) is 23.8 Å². The van der Waals surface area contributed by atoms with Crippen LogP contribution in [0.5, 0.6) is 0 Å². The van der Waals surface area contributed by atoms with Crippen LogP contribution in [0.25, 0.3) is 5.95 Å². The maximum Gasteiger partial charge on any atom is 0.255 e. The largest absolute Gasteiger partial charge is 0.319 e. The molecular weight excluding hydrogens is 334 g/mol. The van der Waals surface area contributed by atoms with Gasteiger partial charge in [0.1, 0.15) is 0 Å². The van der Waals surface area contributed by atoms with Crippen LogP contribution < -0.4 is 5.32 Å². The molecule has 128 valence electrons. The van der Waals surface area contributed by atoms with Crippen LogP contribution in [0, 0.1) is 20.8 Å². The number of anilines is 1. The second kappa shape index (κ2) is 7.06. The van der Waals surface area contributed by atoms with E-state index in [4.69, 9.17) is 0 Å². The molecule has 7 heteroatoms. The molecule has 6 nitrogen and oxygen atoms in total. The van der Waals surface area contributed by atoms with Crippen LogP contribution in [-0.4, -0.2) is 31.9 Å². The number of hydrogen-bond donors (Lipinski definition) is 1. The highest BCUT2D eigenvalue weighted by Crippen LogP contribution is 2.17. The first-order valence-electron chi connectivity index (χ1n) is 7.80. The second-order valence-corrected chi connectivity index (χ2v) is 6.54. The molecule has 0 radical (unpaired) electrons. The fraction of sp³-hybridized carbons (Fsp3) is 0.222. The third-order valence-electron chi connectivity index (χ3n) is 4.09. The fourth-order valence-corrected chi connectivity index (χ4v) is 2.76. The summed E-state index contributed by atoms with van der Waals surface area (Å²) in [6.07, 6.45) is 5.17. The van der Waals surface area contributed by atoms with E-state index in [1.54, 1.807) is 41.0 Å². The predicted molar refractivity (Wildman–Crippen MR) is 99.5 cm³/mol. The van der Waals surface area contributed by atoms with Crippen molar-refractivity contribution in [2.24, 2.45) is 0 Å². The molecule has 0 saturated heterocycles. The molecule has 3 aromatic rings. The smallest absolute Gasteiger partial charge is 0.255 e. The van der Waals surface area contributed by atoms with Crippen molar-refractivity contribution in [1.82, 2.24) is 19.7 Å². The number of nitrogens with zero attached hydrogens (tertiary/aromatic N) is 4. The maximum absolute atomic E-state index is 12.3. The van der Waals surface area contributed by atoms with Crippen molar-refractivity contribution >= 4 is 23.4 Å². The Morgan fingerprint density at radius 1 is 1.08 bits per heavy atom. The third-order valence-corrected chi connectivity index (χ3v) is 4.83. The van der Waals surface area contributed by atoms with E-state index in [0.717, 1.165) is 21.8 Å². The minimum absolute atomic E-state index is 0.189. The van der Waals surface area contributed by atoms with Gasteiger partial charge in [-0.2, -0.15) is 5.10 Å². The second-order valence-electron chi connectivity index (χ2n) is 5.66. The molecule has 1 aromatic carbocycles. The average molecular weight is 353 g/mol. The Morgan fingerprint density at radius 2 is 1.72 bits per heavy atom. The van der Waals surface area contributed by atoms with Gasteiger partial charge in [-0.05, 0) is 56.9 Å². The summed E-state index contributed by atoms with van der Waals surface area (Å²) in [5, 5.41) is 7.24. The summed E-state index contributed by atoms with van der Waals surface area (Å²) in [5.41, 5.74) is 4.21. The number of hydrogen-bond acceptors (Lipinski definition) is 5. The molecule has 2 aromatic heterocycles. The lowest BCUT2D eigenvalue weighted by atomic mass is 10.2. The maximum atomic E-state index is 12.3. The summed E-state index contributed by atoms with van der Waals surface area (Å²) in [4.78, 5) is 22.0. The molecule has 0 aliphatic carbocycles. The van der Waals surface area contributed by atoms with Gasteiger partial charge in [0.2, 0.25) is 0 Å². The minimum Gasteiger partial charge on any atom is -0.319 e. The molecular formula is C18H19N5OS. The molecule has 2 heterocycles. The van der Waals surface area contributed by atoms with Gasteiger partial charge in [0.15, 0.2) is 0 Å². The zero-order valence-electron chi connectivity index (χ0n) is 14.6.